The summed E-state index contributed by atoms with van der Waals surface area (Å²) in [5.41, 5.74) is 0.478. The van der Waals surface area contributed by atoms with Gasteiger partial charge in [0, 0.05) is 5.56 Å². The van der Waals surface area contributed by atoms with Gasteiger partial charge in [0.2, 0.25) is 5.85 Å². The van der Waals surface area contributed by atoms with Crippen LogP contribution in [0.25, 0.3) is 0 Å². The van der Waals surface area contributed by atoms with Gasteiger partial charge in [-0.3, -0.25) is 4.57 Å². The van der Waals surface area contributed by atoms with Crippen LogP contribution in [-0.4, -0.2) is 15.8 Å². The number of carbonyl (C=O) groups is 1. The summed E-state index contributed by atoms with van der Waals surface area (Å²) in [5.74, 6) is -2.12. The maximum absolute atomic E-state index is 11.2. The molecule has 5 nitrogen and oxygen atoms in total. The predicted octanol–water partition coefficient (Wildman–Crippen LogP) is 1.03. The van der Waals surface area contributed by atoms with Crippen molar-refractivity contribution in [3.63, 3.8) is 0 Å². The van der Waals surface area contributed by atoms with Crippen LogP contribution in [-0.2, 0) is 9.30 Å². The predicted molar refractivity (Wildman–Crippen MR) is 46.6 cm³/mol. The molecule has 1 aromatic carbocycles. The van der Waals surface area contributed by atoms with Crippen LogP contribution in [0.5, 0.6) is 0 Å². The molecule has 74 valence electrons. The highest BCUT2D eigenvalue weighted by Gasteiger charge is 2.42. The fourth-order valence-electron chi connectivity index (χ4n) is 1.38. The van der Waals surface area contributed by atoms with Crippen molar-refractivity contribution in [2.75, 3.05) is 0 Å². The zero-order valence-electron chi connectivity index (χ0n) is 6.95. The average molecular weight is 214 g/mol. The smallest absolute Gasteiger partial charge is 0.370 e. The third-order valence-electron chi connectivity index (χ3n) is 1.97. The van der Waals surface area contributed by atoms with Crippen LogP contribution in [0.1, 0.15) is 21.8 Å². The minimum Gasteiger partial charge on any atom is -0.441 e. The molecule has 0 amide bonds. The molecule has 1 aliphatic rings. The second kappa shape index (κ2) is 2.92. The van der Waals surface area contributed by atoms with E-state index in [1.165, 1.54) is 12.1 Å². The second-order valence-electron chi connectivity index (χ2n) is 2.93. The van der Waals surface area contributed by atoms with Gasteiger partial charge in [0.25, 0.3) is 0 Å². The van der Waals surface area contributed by atoms with E-state index >= 15 is 0 Å². The lowest BCUT2D eigenvalue weighted by Crippen LogP contribution is -1.99. The highest BCUT2D eigenvalue weighted by atomic mass is 31.2. The Labute approximate surface area is 79.5 Å². The summed E-state index contributed by atoms with van der Waals surface area (Å²) in [6.45, 7) is 0. The standard InChI is InChI=1S/C8H7O5P/c9-7-5-3-1-2-4-6(5)8(13-7)14(10,11)12/h1-4,8H,(H2,10,11,12). The van der Waals surface area contributed by atoms with E-state index in [2.05, 4.69) is 4.74 Å². The van der Waals surface area contributed by atoms with Gasteiger partial charge in [-0.25, -0.2) is 4.79 Å². The molecule has 1 heterocycles. The number of ether oxygens (including phenoxy) is 1. The molecule has 0 fully saturated rings. The van der Waals surface area contributed by atoms with Crippen molar-refractivity contribution in [1.29, 1.82) is 0 Å². The zero-order valence-corrected chi connectivity index (χ0v) is 7.85. The quantitative estimate of drug-likeness (QED) is 0.538. The fraction of sp³-hybridized carbons (Fsp3) is 0.125. The number of hydrogen-bond acceptors (Lipinski definition) is 3. The molecule has 0 aliphatic carbocycles. The molecule has 1 unspecified atom stereocenters. The van der Waals surface area contributed by atoms with Gasteiger partial charge in [0.05, 0.1) is 5.56 Å². The number of benzene rings is 1. The molecule has 0 radical (unpaired) electrons. The highest BCUT2D eigenvalue weighted by Crippen LogP contribution is 2.55. The van der Waals surface area contributed by atoms with Crippen LogP contribution < -0.4 is 0 Å². The fourth-order valence-corrected chi connectivity index (χ4v) is 2.20. The topological polar surface area (TPSA) is 83.8 Å². The van der Waals surface area contributed by atoms with E-state index in [4.69, 9.17) is 9.79 Å². The third-order valence-corrected chi connectivity index (χ3v) is 2.97. The molecule has 1 aromatic rings. The molecule has 0 aromatic heterocycles. The average Bonchev–Trinajstić information content (AvgIpc) is 2.44. The van der Waals surface area contributed by atoms with Gasteiger partial charge in [-0.05, 0) is 6.07 Å². The van der Waals surface area contributed by atoms with Gasteiger partial charge in [-0.15, -0.1) is 0 Å². The number of rotatable bonds is 1. The Morgan fingerprint density at radius 2 is 1.93 bits per heavy atom. The van der Waals surface area contributed by atoms with Crippen molar-refractivity contribution in [3.8, 4) is 0 Å². The Balaban J connectivity index is 2.55. The van der Waals surface area contributed by atoms with Crippen molar-refractivity contribution in [2.45, 2.75) is 5.85 Å². The maximum Gasteiger partial charge on any atom is 0.370 e. The molecule has 6 heteroatoms. The molecule has 0 saturated carbocycles. The molecule has 1 aliphatic heterocycles. The molecule has 2 N–H and O–H groups in total. The SMILES string of the molecule is O=C1OC(P(=O)(O)O)c2ccccc21. The first-order valence-corrected chi connectivity index (χ1v) is 5.53. The van der Waals surface area contributed by atoms with Crippen LogP contribution in [0.3, 0.4) is 0 Å². The van der Waals surface area contributed by atoms with Crippen molar-refractivity contribution in [3.05, 3.63) is 35.4 Å². The first-order chi connectivity index (χ1) is 6.50. The Bertz CT molecular complexity index is 435. The lowest BCUT2D eigenvalue weighted by molar-refractivity contribution is 0.0471. The summed E-state index contributed by atoms with van der Waals surface area (Å²) in [6.07, 6.45) is 0. The first kappa shape index (κ1) is 9.40. The minimum atomic E-state index is -4.43. The van der Waals surface area contributed by atoms with Gasteiger partial charge in [-0.2, -0.15) is 0 Å². The highest BCUT2D eigenvalue weighted by molar-refractivity contribution is 7.52. The molecule has 2 rings (SSSR count). The number of carbonyl (C=O) groups excluding carboxylic acids is 1. The first-order valence-electron chi connectivity index (χ1n) is 3.85. The Morgan fingerprint density at radius 1 is 1.29 bits per heavy atom. The van der Waals surface area contributed by atoms with E-state index in [1.54, 1.807) is 12.1 Å². The molecular weight excluding hydrogens is 207 g/mol. The zero-order chi connectivity index (χ0) is 10.3. The molecular formula is C8H7O5P. The van der Waals surface area contributed by atoms with E-state index in [9.17, 15) is 9.36 Å². The summed E-state index contributed by atoms with van der Waals surface area (Å²) in [6, 6.07) is 6.17. The molecule has 14 heavy (non-hydrogen) atoms. The van der Waals surface area contributed by atoms with Crippen LogP contribution in [0.15, 0.2) is 24.3 Å². The van der Waals surface area contributed by atoms with Crippen LogP contribution in [0, 0.1) is 0 Å². The number of esters is 1. The van der Waals surface area contributed by atoms with E-state index in [0.29, 0.717) is 0 Å². The Kier molecular flexibility index (Phi) is 1.96. The number of cyclic esters (lactones) is 1. The molecule has 0 bridgehead atoms. The van der Waals surface area contributed by atoms with Gasteiger partial charge >= 0.3 is 13.6 Å². The van der Waals surface area contributed by atoms with E-state index in [0.717, 1.165) is 0 Å². The van der Waals surface area contributed by atoms with Gasteiger partial charge < -0.3 is 14.5 Å². The van der Waals surface area contributed by atoms with E-state index < -0.39 is 19.4 Å². The van der Waals surface area contributed by atoms with E-state index in [-0.39, 0.29) is 11.1 Å². The van der Waals surface area contributed by atoms with Crippen LogP contribution in [0.4, 0.5) is 0 Å². The van der Waals surface area contributed by atoms with Crippen LogP contribution in [0.2, 0.25) is 0 Å². The van der Waals surface area contributed by atoms with Gasteiger partial charge in [-0.1, -0.05) is 18.2 Å². The van der Waals surface area contributed by atoms with Gasteiger partial charge in [0.1, 0.15) is 0 Å². The molecule has 1 atom stereocenters. The molecule has 0 spiro atoms. The van der Waals surface area contributed by atoms with Crippen molar-refractivity contribution in [2.24, 2.45) is 0 Å². The lowest BCUT2D eigenvalue weighted by atomic mass is 10.1. The third kappa shape index (κ3) is 1.35. The summed E-state index contributed by atoms with van der Waals surface area (Å²) >= 11 is 0. The summed E-state index contributed by atoms with van der Waals surface area (Å²) in [4.78, 5) is 29.0. The van der Waals surface area contributed by atoms with Gasteiger partial charge in [0.15, 0.2) is 0 Å². The van der Waals surface area contributed by atoms with Crippen molar-refractivity contribution in [1.82, 2.24) is 0 Å². The normalized spacial score (nSPS) is 20.4. The number of hydrogen-bond donors (Lipinski definition) is 2. The Hall–Kier alpha value is -1.16. The van der Waals surface area contributed by atoms with Crippen molar-refractivity contribution >= 4 is 13.6 Å². The lowest BCUT2D eigenvalue weighted by Gasteiger charge is -2.11. The van der Waals surface area contributed by atoms with Crippen molar-refractivity contribution < 1.29 is 23.9 Å². The Morgan fingerprint density at radius 3 is 2.57 bits per heavy atom. The second-order valence-corrected chi connectivity index (χ2v) is 4.58. The maximum atomic E-state index is 11.2. The number of fused-ring (bicyclic) bond motifs is 1. The molecule has 0 saturated heterocycles. The van der Waals surface area contributed by atoms with Crippen LogP contribution >= 0.6 is 7.60 Å². The summed E-state index contributed by atoms with van der Waals surface area (Å²) < 4.78 is 15.6. The summed E-state index contributed by atoms with van der Waals surface area (Å²) in [7, 11) is -4.43. The monoisotopic (exact) mass is 214 g/mol. The summed E-state index contributed by atoms with van der Waals surface area (Å²) in [5, 5.41) is 0. The van der Waals surface area contributed by atoms with E-state index in [1.807, 2.05) is 0 Å². The minimum absolute atomic E-state index is 0.223. The largest absolute Gasteiger partial charge is 0.441 e.